The summed E-state index contributed by atoms with van der Waals surface area (Å²) < 4.78 is 10.8. The Morgan fingerprint density at radius 2 is 1.96 bits per heavy atom. The number of ether oxygens (including phenoxy) is 1. The van der Waals surface area contributed by atoms with E-state index in [4.69, 9.17) is 9.26 Å². The molecule has 3 aromatic rings. The van der Waals surface area contributed by atoms with E-state index in [1.165, 1.54) is 0 Å². The number of para-hydroxylation sites is 1. The zero-order valence-electron chi connectivity index (χ0n) is 14.5. The number of benzene rings is 2. The highest BCUT2D eigenvalue weighted by molar-refractivity contribution is 5.94. The van der Waals surface area contributed by atoms with Crippen molar-refractivity contribution in [2.45, 2.75) is 25.7 Å². The van der Waals surface area contributed by atoms with Crippen molar-refractivity contribution in [2.75, 3.05) is 6.61 Å². The Bertz CT molecular complexity index is 912. The van der Waals surface area contributed by atoms with Crippen molar-refractivity contribution in [1.82, 2.24) is 5.16 Å². The van der Waals surface area contributed by atoms with Crippen LogP contribution in [0.1, 0.15) is 25.8 Å². The molecule has 1 aromatic heterocycles. The Kier molecular flexibility index (Phi) is 4.70. The Labute approximate surface area is 147 Å². The van der Waals surface area contributed by atoms with Gasteiger partial charge in [0.25, 0.3) is 0 Å². The van der Waals surface area contributed by atoms with Gasteiger partial charge in [-0.1, -0.05) is 47.6 Å². The number of nitrogens with zero attached hydrogens (tertiary/aromatic N) is 1. The van der Waals surface area contributed by atoms with Gasteiger partial charge in [-0.2, -0.15) is 0 Å². The number of rotatable bonds is 6. The van der Waals surface area contributed by atoms with Gasteiger partial charge in [0.05, 0.1) is 12.0 Å². The van der Waals surface area contributed by atoms with E-state index >= 15 is 0 Å². The third-order valence-electron chi connectivity index (χ3n) is 4.43. The zero-order chi connectivity index (χ0) is 17.9. The molecule has 0 aliphatic rings. The molecule has 1 heterocycles. The molecule has 3 rings (SSSR count). The Hall–Kier alpha value is -2.88. The van der Waals surface area contributed by atoms with Crippen molar-refractivity contribution < 1.29 is 14.1 Å². The monoisotopic (exact) mass is 335 g/mol. The largest absolute Gasteiger partial charge is 0.465 e. The molecule has 0 amide bonds. The Balaban J connectivity index is 2.21. The molecule has 1 unspecified atom stereocenters. The van der Waals surface area contributed by atoms with Gasteiger partial charge in [-0.3, -0.25) is 4.79 Å². The average Bonchev–Trinajstić information content (AvgIpc) is 3.06. The fraction of sp³-hybridized carbons (Fsp3) is 0.238. The summed E-state index contributed by atoms with van der Waals surface area (Å²) in [7, 11) is 0. The molecule has 0 spiro atoms. The van der Waals surface area contributed by atoms with Crippen LogP contribution in [0.5, 0.6) is 0 Å². The standard InChI is InChI=1S/C21H21NO3/c1-4-14-21(3,20(23)24-5-2)17-12-8-6-10-15(17)19-16-11-7-9-13-18(16)25-22-19/h4,6-13H,1,5,14H2,2-3H3. The molecule has 25 heavy (non-hydrogen) atoms. The van der Waals surface area contributed by atoms with E-state index in [0.29, 0.717) is 18.6 Å². The molecule has 1 atom stereocenters. The molecule has 0 fully saturated rings. The third kappa shape index (κ3) is 2.95. The summed E-state index contributed by atoms with van der Waals surface area (Å²) in [4.78, 5) is 12.7. The first kappa shape index (κ1) is 17.0. The predicted molar refractivity (Wildman–Crippen MR) is 98.2 cm³/mol. The molecule has 0 saturated heterocycles. The highest BCUT2D eigenvalue weighted by Gasteiger charge is 2.38. The molecular weight excluding hydrogens is 314 g/mol. The van der Waals surface area contributed by atoms with Crippen LogP contribution in [0.4, 0.5) is 0 Å². The molecule has 4 heteroatoms. The Morgan fingerprint density at radius 1 is 1.24 bits per heavy atom. The highest BCUT2D eigenvalue weighted by atomic mass is 16.5. The van der Waals surface area contributed by atoms with Crippen molar-refractivity contribution in [3.63, 3.8) is 0 Å². The van der Waals surface area contributed by atoms with E-state index in [2.05, 4.69) is 11.7 Å². The fourth-order valence-electron chi connectivity index (χ4n) is 3.13. The second-order valence-electron chi connectivity index (χ2n) is 6.12. The summed E-state index contributed by atoms with van der Waals surface area (Å²) in [5.41, 5.74) is 2.32. The van der Waals surface area contributed by atoms with Crippen LogP contribution in [-0.4, -0.2) is 17.7 Å². The summed E-state index contributed by atoms with van der Waals surface area (Å²) in [5, 5.41) is 5.17. The first-order valence-corrected chi connectivity index (χ1v) is 8.34. The van der Waals surface area contributed by atoms with Crippen LogP contribution >= 0.6 is 0 Å². The molecule has 128 valence electrons. The number of hydrogen-bond acceptors (Lipinski definition) is 4. The molecule has 0 N–H and O–H groups in total. The fourth-order valence-corrected chi connectivity index (χ4v) is 3.13. The SMILES string of the molecule is C=CCC(C)(C(=O)OCC)c1ccccc1-c1noc2ccccc12. The summed E-state index contributed by atoms with van der Waals surface area (Å²) in [6.45, 7) is 7.84. The van der Waals surface area contributed by atoms with Crippen LogP contribution < -0.4 is 0 Å². The van der Waals surface area contributed by atoms with E-state index in [9.17, 15) is 4.79 Å². The van der Waals surface area contributed by atoms with Crippen LogP contribution in [0.25, 0.3) is 22.2 Å². The van der Waals surface area contributed by atoms with Gasteiger partial charge >= 0.3 is 5.97 Å². The number of aromatic nitrogens is 1. The molecule has 0 aliphatic carbocycles. The normalized spacial score (nSPS) is 13.4. The van der Waals surface area contributed by atoms with Gasteiger partial charge < -0.3 is 9.26 Å². The van der Waals surface area contributed by atoms with Crippen LogP contribution in [0.2, 0.25) is 0 Å². The van der Waals surface area contributed by atoms with Gasteiger partial charge in [0, 0.05) is 10.9 Å². The van der Waals surface area contributed by atoms with Gasteiger partial charge in [0.1, 0.15) is 5.69 Å². The van der Waals surface area contributed by atoms with Crippen molar-refractivity contribution in [2.24, 2.45) is 0 Å². The van der Waals surface area contributed by atoms with Gasteiger partial charge in [0.15, 0.2) is 5.58 Å². The molecule has 0 bridgehead atoms. The van der Waals surface area contributed by atoms with Crippen LogP contribution in [0, 0.1) is 0 Å². The average molecular weight is 335 g/mol. The topological polar surface area (TPSA) is 52.3 Å². The van der Waals surface area contributed by atoms with E-state index < -0.39 is 5.41 Å². The predicted octanol–water partition coefficient (Wildman–Crippen LogP) is 4.89. The van der Waals surface area contributed by atoms with Crippen molar-refractivity contribution in [3.05, 3.63) is 66.7 Å². The minimum atomic E-state index is -0.839. The van der Waals surface area contributed by atoms with Crippen molar-refractivity contribution in [1.29, 1.82) is 0 Å². The van der Waals surface area contributed by atoms with Crippen LogP contribution in [0.3, 0.4) is 0 Å². The summed E-state index contributed by atoms with van der Waals surface area (Å²) in [6, 6.07) is 15.4. The lowest BCUT2D eigenvalue weighted by Gasteiger charge is -2.28. The van der Waals surface area contributed by atoms with Gasteiger partial charge in [-0.05, 0) is 38.0 Å². The number of carbonyl (C=O) groups is 1. The molecule has 0 saturated carbocycles. The zero-order valence-corrected chi connectivity index (χ0v) is 14.5. The van der Waals surface area contributed by atoms with E-state index in [0.717, 1.165) is 22.2 Å². The van der Waals surface area contributed by atoms with Gasteiger partial charge in [-0.25, -0.2) is 0 Å². The van der Waals surface area contributed by atoms with E-state index in [-0.39, 0.29) is 5.97 Å². The Morgan fingerprint density at radius 3 is 2.72 bits per heavy atom. The lowest BCUT2D eigenvalue weighted by molar-refractivity contribution is -0.149. The van der Waals surface area contributed by atoms with E-state index in [1.807, 2.05) is 62.4 Å². The lowest BCUT2D eigenvalue weighted by atomic mass is 9.76. The highest BCUT2D eigenvalue weighted by Crippen LogP contribution is 2.39. The molecule has 0 radical (unpaired) electrons. The number of fused-ring (bicyclic) bond motifs is 1. The van der Waals surface area contributed by atoms with E-state index in [1.54, 1.807) is 6.08 Å². The molecular formula is C21H21NO3. The summed E-state index contributed by atoms with van der Waals surface area (Å²) >= 11 is 0. The quantitative estimate of drug-likeness (QED) is 0.475. The number of carbonyl (C=O) groups excluding carboxylic acids is 1. The maximum Gasteiger partial charge on any atom is 0.316 e. The molecule has 2 aromatic carbocycles. The summed E-state index contributed by atoms with van der Waals surface area (Å²) in [5.74, 6) is -0.268. The first-order chi connectivity index (χ1) is 12.1. The number of allylic oxidation sites excluding steroid dienone is 1. The first-order valence-electron chi connectivity index (χ1n) is 8.34. The van der Waals surface area contributed by atoms with Crippen LogP contribution in [0.15, 0.2) is 65.7 Å². The minimum absolute atomic E-state index is 0.268. The smallest absolute Gasteiger partial charge is 0.316 e. The minimum Gasteiger partial charge on any atom is -0.465 e. The second-order valence-corrected chi connectivity index (χ2v) is 6.12. The molecule has 0 aliphatic heterocycles. The summed E-state index contributed by atoms with van der Waals surface area (Å²) in [6.07, 6.45) is 2.22. The van der Waals surface area contributed by atoms with Crippen molar-refractivity contribution in [3.8, 4) is 11.3 Å². The number of esters is 1. The van der Waals surface area contributed by atoms with Crippen LogP contribution in [-0.2, 0) is 14.9 Å². The lowest BCUT2D eigenvalue weighted by Crippen LogP contribution is -2.34. The maximum atomic E-state index is 12.7. The number of hydrogen-bond donors (Lipinski definition) is 0. The van der Waals surface area contributed by atoms with Gasteiger partial charge in [-0.15, -0.1) is 6.58 Å². The van der Waals surface area contributed by atoms with Crippen molar-refractivity contribution >= 4 is 16.9 Å². The molecule has 4 nitrogen and oxygen atoms in total. The maximum absolute atomic E-state index is 12.7. The third-order valence-corrected chi connectivity index (χ3v) is 4.43. The van der Waals surface area contributed by atoms with Gasteiger partial charge in [0.2, 0.25) is 0 Å². The second kappa shape index (κ2) is 6.93.